The minimum atomic E-state index is -0.474. The van der Waals surface area contributed by atoms with E-state index in [9.17, 15) is 18.8 Å². The van der Waals surface area contributed by atoms with Gasteiger partial charge < -0.3 is 20.4 Å². The lowest BCUT2D eigenvalue weighted by atomic mass is 10.1. The third kappa shape index (κ3) is 2.81. The van der Waals surface area contributed by atoms with E-state index in [1.54, 1.807) is 9.80 Å². The predicted octanol–water partition coefficient (Wildman–Crippen LogP) is 0.921. The van der Waals surface area contributed by atoms with Crippen molar-refractivity contribution < 1.29 is 18.8 Å². The highest BCUT2D eigenvalue weighted by molar-refractivity contribution is 5.98. The van der Waals surface area contributed by atoms with E-state index in [-0.39, 0.29) is 29.7 Å². The molecule has 1 aromatic carbocycles. The van der Waals surface area contributed by atoms with Gasteiger partial charge >= 0.3 is 6.03 Å². The molecule has 3 saturated heterocycles. The molecule has 0 spiro atoms. The number of benzene rings is 1. The molecule has 0 radical (unpaired) electrons. The standard InChI is InChI=1S/C17H19FN4O3/c18-10-3-5-11(6-4-10)19-17(25)20-12-8-14-16(24)21-7-1-2-13(21)15(23)22(14)9-12/h3-6,12-14H,1-2,7-9H2,(H2,19,20,25)/t12-,13-,14-/m0/s1. The summed E-state index contributed by atoms with van der Waals surface area (Å²) < 4.78 is 12.9. The molecule has 4 amide bonds. The summed E-state index contributed by atoms with van der Waals surface area (Å²) in [6, 6.07) is 3.94. The smallest absolute Gasteiger partial charge is 0.319 e. The highest BCUT2D eigenvalue weighted by atomic mass is 19.1. The van der Waals surface area contributed by atoms with Crippen molar-refractivity contribution in [2.24, 2.45) is 0 Å². The molecule has 7 nitrogen and oxygen atoms in total. The van der Waals surface area contributed by atoms with E-state index in [0.717, 1.165) is 12.8 Å². The Morgan fingerprint density at radius 2 is 1.80 bits per heavy atom. The third-order valence-electron chi connectivity index (χ3n) is 5.13. The van der Waals surface area contributed by atoms with Crippen molar-refractivity contribution >= 4 is 23.5 Å². The number of anilines is 1. The van der Waals surface area contributed by atoms with E-state index in [4.69, 9.17) is 0 Å². The molecule has 25 heavy (non-hydrogen) atoms. The van der Waals surface area contributed by atoms with Crippen LogP contribution in [-0.4, -0.2) is 58.9 Å². The van der Waals surface area contributed by atoms with Gasteiger partial charge in [-0.3, -0.25) is 9.59 Å². The molecular formula is C17H19FN4O3. The molecule has 3 aliphatic heterocycles. The number of hydrogen-bond acceptors (Lipinski definition) is 3. The molecule has 0 aliphatic carbocycles. The molecule has 132 valence electrons. The monoisotopic (exact) mass is 346 g/mol. The lowest BCUT2D eigenvalue weighted by Crippen LogP contribution is -2.60. The van der Waals surface area contributed by atoms with Gasteiger partial charge in [-0.05, 0) is 43.5 Å². The zero-order valence-corrected chi connectivity index (χ0v) is 13.6. The van der Waals surface area contributed by atoms with Crippen molar-refractivity contribution in [1.29, 1.82) is 0 Å². The molecule has 0 bridgehead atoms. The molecule has 3 fully saturated rings. The number of carbonyl (C=O) groups is 3. The first-order valence-corrected chi connectivity index (χ1v) is 8.47. The second-order valence-corrected chi connectivity index (χ2v) is 6.73. The van der Waals surface area contributed by atoms with Crippen molar-refractivity contribution in [3.63, 3.8) is 0 Å². The molecular weight excluding hydrogens is 327 g/mol. The number of halogens is 1. The van der Waals surface area contributed by atoms with Gasteiger partial charge in [0.15, 0.2) is 0 Å². The van der Waals surface area contributed by atoms with Gasteiger partial charge in [-0.2, -0.15) is 0 Å². The molecule has 4 rings (SSSR count). The Labute approximate surface area is 144 Å². The van der Waals surface area contributed by atoms with Crippen LogP contribution in [0.25, 0.3) is 0 Å². The first-order chi connectivity index (χ1) is 12.0. The van der Waals surface area contributed by atoms with Crippen LogP contribution in [0.15, 0.2) is 24.3 Å². The third-order valence-corrected chi connectivity index (χ3v) is 5.13. The van der Waals surface area contributed by atoms with E-state index in [0.29, 0.717) is 25.2 Å². The van der Waals surface area contributed by atoms with Gasteiger partial charge in [0.1, 0.15) is 17.9 Å². The largest absolute Gasteiger partial charge is 0.333 e. The minimum Gasteiger partial charge on any atom is -0.333 e. The fourth-order valence-corrected chi connectivity index (χ4v) is 3.97. The van der Waals surface area contributed by atoms with E-state index < -0.39 is 12.1 Å². The van der Waals surface area contributed by atoms with Crippen LogP contribution < -0.4 is 10.6 Å². The van der Waals surface area contributed by atoms with Crippen molar-refractivity contribution in [2.45, 2.75) is 37.4 Å². The maximum atomic E-state index is 12.9. The predicted molar refractivity (Wildman–Crippen MR) is 87.2 cm³/mol. The fraction of sp³-hybridized carbons (Fsp3) is 0.471. The number of rotatable bonds is 2. The highest BCUT2D eigenvalue weighted by Crippen LogP contribution is 2.32. The van der Waals surface area contributed by atoms with E-state index in [1.807, 2.05) is 0 Å². The number of piperazine rings is 1. The van der Waals surface area contributed by atoms with Crippen LogP contribution in [0.4, 0.5) is 14.9 Å². The Bertz CT molecular complexity index is 693. The lowest BCUT2D eigenvalue weighted by Gasteiger charge is -2.38. The quantitative estimate of drug-likeness (QED) is 0.836. The fourth-order valence-electron chi connectivity index (χ4n) is 3.97. The molecule has 3 heterocycles. The summed E-state index contributed by atoms with van der Waals surface area (Å²) in [6.07, 6.45) is 2.01. The topological polar surface area (TPSA) is 81.8 Å². The average molecular weight is 346 g/mol. The number of amides is 4. The van der Waals surface area contributed by atoms with Crippen LogP contribution in [0.2, 0.25) is 0 Å². The maximum Gasteiger partial charge on any atom is 0.319 e. The maximum absolute atomic E-state index is 12.9. The Kier molecular flexibility index (Phi) is 3.82. The molecule has 0 unspecified atom stereocenters. The number of nitrogens with zero attached hydrogens (tertiary/aromatic N) is 2. The van der Waals surface area contributed by atoms with Crippen LogP contribution in [0.1, 0.15) is 19.3 Å². The molecule has 3 atom stereocenters. The molecule has 0 aromatic heterocycles. The summed E-state index contributed by atoms with van der Waals surface area (Å²) in [5.74, 6) is -0.396. The molecule has 8 heteroatoms. The highest BCUT2D eigenvalue weighted by Gasteiger charge is 2.51. The van der Waals surface area contributed by atoms with E-state index in [1.165, 1.54) is 24.3 Å². The van der Waals surface area contributed by atoms with Crippen LogP contribution >= 0.6 is 0 Å². The van der Waals surface area contributed by atoms with Gasteiger partial charge in [-0.25, -0.2) is 9.18 Å². The second kappa shape index (κ2) is 6.02. The molecule has 1 aromatic rings. The summed E-state index contributed by atoms with van der Waals surface area (Å²) in [5.41, 5.74) is 0.474. The van der Waals surface area contributed by atoms with Crippen LogP contribution in [-0.2, 0) is 9.59 Å². The molecule has 2 N–H and O–H groups in total. The minimum absolute atomic E-state index is 0.00894. The van der Waals surface area contributed by atoms with Crippen molar-refractivity contribution in [2.75, 3.05) is 18.4 Å². The van der Waals surface area contributed by atoms with Crippen molar-refractivity contribution in [3.05, 3.63) is 30.1 Å². The zero-order chi connectivity index (χ0) is 17.6. The number of nitrogens with one attached hydrogen (secondary N) is 2. The normalized spacial score (nSPS) is 28.0. The number of hydrogen-bond donors (Lipinski definition) is 2. The van der Waals surface area contributed by atoms with Gasteiger partial charge in [0.25, 0.3) is 0 Å². The van der Waals surface area contributed by atoms with Gasteiger partial charge in [0.2, 0.25) is 11.8 Å². The Morgan fingerprint density at radius 1 is 1.08 bits per heavy atom. The van der Waals surface area contributed by atoms with E-state index >= 15 is 0 Å². The van der Waals surface area contributed by atoms with E-state index in [2.05, 4.69) is 10.6 Å². The first kappa shape index (κ1) is 15.9. The number of urea groups is 1. The summed E-state index contributed by atoms with van der Waals surface area (Å²) in [4.78, 5) is 40.5. The number of fused-ring (bicyclic) bond motifs is 2. The van der Waals surface area contributed by atoms with Gasteiger partial charge in [-0.1, -0.05) is 0 Å². The number of carbonyl (C=O) groups excluding carboxylic acids is 3. The molecule has 3 aliphatic rings. The summed E-state index contributed by atoms with van der Waals surface area (Å²) in [5, 5.41) is 5.42. The van der Waals surface area contributed by atoms with Crippen molar-refractivity contribution in [3.8, 4) is 0 Å². The van der Waals surface area contributed by atoms with Crippen LogP contribution in [0, 0.1) is 5.82 Å². The Balaban J connectivity index is 1.39. The lowest BCUT2D eigenvalue weighted by molar-refractivity contribution is -0.156. The van der Waals surface area contributed by atoms with Crippen molar-refractivity contribution in [1.82, 2.24) is 15.1 Å². The first-order valence-electron chi connectivity index (χ1n) is 8.47. The summed E-state index contributed by atoms with van der Waals surface area (Å²) in [7, 11) is 0. The molecule has 0 saturated carbocycles. The van der Waals surface area contributed by atoms with Crippen LogP contribution in [0.5, 0.6) is 0 Å². The van der Waals surface area contributed by atoms with Crippen LogP contribution in [0.3, 0.4) is 0 Å². The Hall–Kier alpha value is -2.64. The van der Waals surface area contributed by atoms with Gasteiger partial charge in [0, 0.05) is 18.8 Å². The van der Waals surface area contributed by atoms with Gasteiger partial charge in [0.05, 0.1) is 6.04 Å². The van der Waals surface area contributed by atoms with Gasteiger partial charge in [-0.15, -0.1) is 0 Å². The summed E-state index contributed by atoms with van der Waals surface area (Å²) >= 11 is 0. The Morgan fingerprint density at radius 3 is 2.56 bits per heavy atom. The average Bonchev–Trinajstić information content (AvgIpc) is 3.22. The zero-order valence-electron chi connectivity index (χ0n) is 13.6. The SMILES string of the molecule is O=C(Nc1ccc(F)cc1)N[C@H]1C[C@H]2C(=O)N3CCC[C@H]3C(=O)N2C1. The summed E-state index contributed by atoms with van der Waals surface area (Å²) in [6.45, 7) is 0.985. The second-order valence-electron chi connectivity index (χ2n) is 6.73.